The molecular formula is C24H26BrN3O. The molecule has 0 saturated carbocycles. The fraction of sp³-hybridized carbons (Fsp3) is 0.250. The monoisotopic (exact) mass is 451 g/mol. The number of carbonyl (C=O) groups is 1. The third-order valence-corrected chi connectivity index (χ3v) is 5.41. The fourth-order valence-electron chi connectivity index (χ4n) is 3.28. The number of nitrogens with one attached hydrogen (secondary N) is 1. The molecule has 0 bridgehead atoms. The molecule has 1 N–H and O–H groups in total. The molecule has 5 heteroatoms. The van der Waals surface area contributed by atoms with Crippen LogP contribution >= 0.6 is 15.9 Å². The van der Waals surface area contributed by atoms with Gasteiger partial charge in [-0.2, -0.15) is 5.10 Å². The van der Waals surface area contributed by atoms with Crippen molar-refractivity contribution in [3.8, 4) is 5.69 Å². The second-order valence-corrected chi connectivity index (χ2v) is 9.08. The van der Waals surface area contributed by atoms with E-state index in [1.54, 1.807) is 6.21 Å². The second-order valence-electron chi connectivity index (χ2n) is 8.17. The zero-order valence-electron chi connectivity index (χ0n) is 17.5. The Labute approximate surface area is 180 Å². The van der Waals surface area contributed by atoms with E-state index in [4.69, 9.17) is 0 Å². The van der Waals surface area contributed by atoms with E-state index in [2.05, 4.69) is 76.9 Å². The van der Waals surface area contributed by atoms with Gasteiger partial charge in [0.15, 0.2) is 0 Å². The minimum atomic E-state index is -0.220. The lowest BCUT2D eigenvalue weighted by molar-refractivity contribution is 0.0955. The lowest BCUT2D eigenvalue weighted by Gasteiger charge is -2.18. The molecule has 0 aliphatic heterocycles. The largest absolute Gasteiger partial charge is 0.318 e. The number of benzene rings is 2. The maximum atomic E-state index is 12.4. The van der Waals surface area contributed by atoms with Crippen LogP contribution in [0.25, 0.3) is 5.69 Å². The van der Waals surface area contributed by atoms with E-state index in [0.717, 1.165) is 27.1 Å². The molecule has 150 valence electrons. The summed E-state index contributed by atoms with van der Waals surface area (Å²) < 4.78 is 3.20. The third-order valence-electron chi connectivity index (χ3n) is 4.92. The van der Waals surface area contributed by atoms with E-state index in [-0.39, 0.29) is 11.3 Å². The van der Waals surface area contributed by atoms with Crippen LogP contribution in [0.3, 0.4) is 0 Å². The third kappa shape index (κ3) is 4.85. The molecule has 0 aliphatic carbocycles. The molecule has 2 aromatic carbocycles. The first-order chi connectivity index (χ1) is 13.7. The first kappa shape index (κ1) is 21.1. The van der Waals surface area contributed by atoms with Crippen LogP contribution in [0.15, 0.2) is 64.2 Å². The summed E-state index contributed by atoms with van der Waals surface area (Å²) in [6.45, 7) is 10.5. The Morgan fingerprint density at radius 2 is 1.76 bits per heavy atom. The maximum Gasteiger partial charge on any atom is 0.271 e. The van der Waals surface area contributed by atoms with Crippen LogP contribution in [0, 0.1) is 13.8 Å². The zero-order chi connectivity index (χ0) is 21.2. The number of hydrogen-bond acceptors (Lipinski definition) is 2. The smallest absolute Gasteiger partial charge is 0.271 e. The number of amides is 1. The van der Waals surface area contributed by atoms with Crippen LogP contribution in [-0.2, 0) is 5.41 Å². The molecule has 0 radical (unpaired) electrons. The summed E-state index contributed by atoms with van der Waals surface area (Å²) in [6, 6.07) is 17.9. The molecule has 0 unspecified atom stereocenters. The highest BCUT2D eigenvalue weighted by Gasteiger charge is 2.14. The first-order valence-electron chi connectivity index (χ1n) is 9.55. The highest BCUT2D eigenvalue weighted by atomic mass is 79.9. The minimum Gasteiger partial charge on any atom is -0.318 e. The molecule has 1 amide bonds. The standard InChI is InChI=1S/C24H26BrN3O/c1-16-13-19(17(2)28(16)22-8-6-7-21(25)14-22)15-26-27-23(29)18-9-11-20(12-10-18)24(3,4)5/h6-15H,1-5H3,(H,27,29)/b26-15-. The zero-order valence-corrected chi connectivity index (χ0v) is 19.0. The molecule has 3 aromatic rings. The van der Waals surface area contributed by atoms with E-state index in [0.29, 0.717) is 5.56 Å². The average molecular weight is 452 g/mol. The molecule has 1 aromatic heterocycles. The van der Waals surface area contributed by atoms with Gasteiger partial charge in [-0.25, -0.2) is 5.43 Å². The number of aromatic nitrogens is 1. The Bertz CT molecular complexity index is 1060. The van der Waals surface area contributed by atoms with Gasteiger partial charge in [-0.3, -0.25) is 4.79 Å². The van der Waals surface area contributed by atoms with Crippen LogP contribution in [0.2, 0.25) is 0 Å². The van der Waals surface area contributed by atoms with Crippen LogP contribution in [-0.4, -0.2) is 16.7 Å². The van der Waals surface area contributed by atoms with E-state index in [9.17, 15) is 4.79 Å². The van der Waals surface area contributed by atoms with Gasteiger partial charge < -0.3 is 4.57 Å². The summed E-state index contributed by atoms with van der Waals surface area (Å²) in [7, 11) is 0. The number of carbonyl (C=O) groups excluding carboxylic acids is 1. The predicted molar refractivity (Wildman–Crippen MR) is 123 cm³/mol. The van der Waals surface area contributed by atoms with Gasteiger partial charge in [-0.1, -0.05) is 54.9 Å². The average Bonchev–Trinajstić information content (AvgIpc) is 2.94. The van der Waals surface area contributed by atoms with Crippen molar-refractivity contribution in [2.75, 3.05) is 0 Å². The molecule has 4 nitrogen and oxygen atoms in total. The SMILES string of the molecule is Cc1cc(/C=N\NC(=O)c2ccc(C(C)(C)C)cc2)c(C)n1-c1cccc(Br)c1. The van der Waals surface area contributed by atoms with Crippen molar-refractivity contribution < 1.29 is 4.79 Å². The van der Waals surface area contributed by atoms with Gasteiger partial charge in [0.05, 0.1) is 6.21 Å². The fourth-order valence-corrected chi connectivity index (χ4v) is 3.66. The van der Waals surface area contributed by atoms with E-state index in [1.165, 1.54) is 5.56 Å². The van der Waals surface area contributed by atoms with Gasteiger partial charge in [0, 0.05) is 32.7 Å². The summed E-state index contributed by atoms with van der Waals surface area (Å²) in [5.41, 5.74) is 8.68. The van der Waals surface area contributed by atoms with Gasteiger partial charge in [-0.05, 0) is 61.2 Å². The van der Waals surface area contributed by atoms with Crippen molar-refractivity contribution in [3.63, 3.8) is 0 Å². The van der Waals surface area contributed by atoms with Crippen molar-refractivity contribution >= 4 is 28.1 Å². The van der Waals surface area contributed by atoms with Crippen molar-refractivity contribution in [2.24, 2.45) is 5.10 Å². The molecule has 3 rings (SSSR count). The summed E-state index contributed by atoms with van der Waals surface area (Å²) in [5.74, 6) is -0.220. The highest BCUT2D eigenvalue weighted by Crippen LogP contribution is 2.23. The number of hydrazone groups is 1. The molecule has 0 saturated heterocycles. The van der Waals surface area contributed by atoms with Crippen molar-refractivity contribution in [2.45, 2.75) is 40.0 Å². The van der Waals surface area contributed by atoms with Gasteiger partial charge in [0.2, 0.25) is 0 Å². The summed E-state index contributed by atoms with van der Waals surface area (Å²) in [4.78, 5) is 12.4. The molecule has 0 fully saturated rings. The van der Waals surface area contributed by atoms with Crippen molar-refractivity contribution in [1.82, 2.24) is 9.99 Å². The van der Waals surface area contributed by atoms with Crippen molar-refractivity contribution in [3.05, 3.63) is 87.1 Å². The predicted octanol–water partition coefficient (Wildman–Crippen LogP) is 5.92. The highest BCUT2D eigenvalue weighted by molar-refractivity contribution is 9.10. The molecule has 0 atom stereocenters. The van der Waals surface area contributed by atoms with Crippen LogP contribution in [0.4, 0.5) is 0 Å². The molecule has 0 spiro atoms. The Balaban J connectivity index is 1.74. The van der Waals surface area contributed by atoms with Gasteiger partial charge in [0.25, 0.3) is 5.91 Å². The number of rotatable bonds is 4. The Kier molecular flexibility index (Phi) is 6.08. The van der Waals surface area contributed by atoms with E-state index in [1.807, 2.05) is 43.3 Å². The number of halogens is 1. The topological polar surface area (TPSA) is 46.4 Å². The van der Waals surface area contributed by atoms with Crippen molar-refractivity contribution in [1.29, 1.82) is 0 Å². The van der Waals surface area contributed by atoms with Crippen LogP contribution < -0.4 is 5.43 Å². The summed E-state index contributed by atoms with van der Waals surface area (Å²) >= 11 is 3.52. The number of nitrogens with zero attached hydrogens (tertiary/aromatic N) is 2. The molecule has 1 heterocycles. The van der Waals surface area contributed by atoms with E-state index < -0.39 is 0 Å². The Morgan fingerprint density at radius 1 is 1.07 bits per heavy atom. The number of hydrogen-bond donors (Lipinski definition) is 1. The van der Waals surface area contributed by atoms with Crippen LogP contribution in [0.5, 0.6) is 0 Å². The van der Waals surface area contributed by atoms with Gasteiger partial charge in [0.1, 0.15) is 0 Å². The first-order valence-corrected chi connectivity index (χ1v) is 10.3. The maximum absolute atomic E-state index is 12.4. The summed E-state index contributed by atoms with van der Waals surface area (Å²) in [5, 5.41) is 4.17. The number of aryl methyl sites for hydroxylation is 1. The Morgan fingerprint density at radius 3 is 2.38 bits per heavy atom. The van der Waals surface area contributed by atoms with Gasteiger partial charge >= 0.3 is 0 Å². The second kappa shape index (κ2) is 8.37. The lowest BCUT2D eigenvalue weighted by atomic mass is 9.87. The minimum absolute atomic E-state index is 0.0596. The molecule has 29 heavy (non-hydrogen) atoms. The molecule has 0 aliphatic rings. The normalized spacial score (nSPS) is 11.8. The van der Waals surface area contributed by atoms with Gasteiger partial charge in [-0.15, -0.1) is 0 Å². The van der Waals surface area contributed by atoms with Crippen LogP contribution in [0.1, 0.15) is 53.6 Å². The quantitative estimate of drug-likeness (QED) is 0.388. The Hall–Kier alpha value is -2.66. The van der Waals surface area contributed by atoms with E-state index >= 15 is 0 Å². The lowest BCUT2D eigenvalue weighted by Crippen LogP contribution is -2.18. The summed E-state index contributed by atoms with van der Waals surface area (Å²) in [6.07, 6.45) is 1.69. The molecular weight excluding hydrogens is 426 g/mol.